The molecule has 30 heavy (non-hydrogen) atoms. The van der Waals surface area contributed by atoms with Crippen molar-refractivity contribution in [3.05, 3.63) is 23.8 Å². The summed E-state index contributed by atoms with van der Waals surface area (Å²) in [6.45, 7) is 4.60. The van der Waals surface area contributed by atoms with E-state index < -0.39 is 36.2 Å². The third-order valence-corrected chi connectivity index (χ3v) is 3.72. The Morgan fingerprint density at radius 2 is 1.60 bits per heavy atom. The highest BCUT2D eigenvalue weighted by Crippen LogP contribution is 2.29. The molecule has 0 amide bonds. The van der Waals surface area contributed by atoms with E-state index in [1.54, 1.807) is 19.9 Å². The molecule has 0 radical (unpaired) electrons. The first kappa shape index (κ1) is 24.9. The van der Waals surface area contributed by atoms with Crippen molar-refractivity contribution >= 4 is 24.1 Å². The van der Waals surface area contributed by atoms with Gasteiger partial charge in [-0.3, -0.25) is 14.4 Å². The lowest BCUT2D eigenvalue weighted by Gasteiger charge is -2.16. The molecule has 0 aromatic heterocycles. The van der Waals surface area contributed by atoms with Crippen LogP contribution in [0.15, 0.2) is 18.2 Å². The molecule has 2 N–H and O–H groups in total. The first-order valence-corrected chi connectivity index (χ1v) is 9.41. The molecule has 0 saturated carbocycles. The molecule has 0 aliphatic carbocycles. The molecule has 1 rings (SSSR count). The first-order valence-electron chi connectivity index (χ1n) is 9.41. The summed E-state index contributed by atoms with van der Waals surface area (Å²) < 4.78 is 24.6. The average Bonchev–Trinajstić information content (AvgIpc) is 2.73. The minimum Gasteiger partial charge on any atom is -0.461 e. The Morgan fingerprint density at radius 1 is 1.00 bits per heavy atom. The Balaban J connectivity index is 2.79. The number of rotatable bonds is 10. The van der Waals surface area contributed by atoms with Crippen LogP contribution in [0.1, 0.15) is 39.2 Å². The van der Waals surface area contributed by atoms with Crippen molar-refractivity contribution in [3.8, 4) is 11.5 Å². The van der Waals surface area contributed by atoms with Crippen molar-refractivity contribution in [2.24, 2.45) is 5.73 Å². The van der Waals surface area contributed by atoms with Gasteiger partial charge in [0.25, 0.3) is 0 Å². The van der Waals surface area contributed by atoms with E-state index in [9.17, 15) is 19.2 Å². The number of hydrogen-bond donors (Lipinski definition) is 1. The molecule has 0 aliphatic heterocycles. The van der Waals surface area contributed by atoms with E-state index in [2.05, 4.69) is 4.74 Å². The van der Waals surface area contributed by atoms with Gasteiger partial charge in [0.2, 0.25) is 0 Å². The number of methoxy groups -OCH3 is 1. The van der Waals surface area contributed by atoms with Crippen molar-refractivity contribution in [1.82, 2.24) is 0 Å². The molecule has 166 valence electrons. The maximum atomic E-state index is 12.1. The second kappa shape index (κ2) is 12.4. The van der Waals surface area contributed by atoms with Gasteiger partial charge in [-0.15, -0.1) is 0 Å². The van der Waals surface area contributed by atoms with Gasteiger partial charge >= 0.3 is 24.1 Å². The van der Waals surface area contributed by atoms with Gasteiger partial charge < -0.3 is 29.4 Å². The molecule has 1 aromatic rings. The summed E-state index contributed by atoms with van der Waals surface area (Å²) in [6, 6.07) is 3.51. The number of nitrogens with two attached hydrogens (primary N) is 1. The molecule has 0 saturated heterocycles. The second-order valence-corrected chi connectivity index (χ2v) is 6.26. The summed E-state index contributed by atoms with van der Waals surface area (Å²) in [5.41, 5.74) is 6.44. The Hall–Kier alpha value is -3.14. The van der Waals surface area contributed by atoms with E-state index >= 15 is 0 Å². The van der Waals surface area contributed by atoms with Crippen molar-refractivity contribution in [3.63, 3.8) is 0 Å². The number of ether oxygens (including phenoxy) is 5. The summed E-state index contributed by atoms with van der Waals surface area (Å²) in [4.78, 5) is 46.3. The first-order chi connectivity index (χ1) is 14.2. The lowest BCUT2D eigenvalue weighted by molar-refractivity contribution is -0.148. The molecule has 0 aliphatic rings. The highest BCUT2D eigenvalue weighted by molar-refractivity contribution is 5.77. The monoisotopic (exact) mass is 425 g/mol. The van der Waals surface area contributed by atoms with Crippen molar-refractivity contribution in [2.75, 3.05) is 13.7 Å². The van der Waals surface area contributed by atoms with E-state index in [-0.39, 0.29) is 37.4 Å². The number of esters is 3. The normalized spacial score (nSPS) is 12.3. The van der Waals surface area contributed by atoms with E-state index in [0.29, 0.717) is 5.56 Å². The Morgan fingerprint density at radius 3 is 2.17 bits per heavy atom. The highest BCUT2D eigenvalue weighted by atomic mass is 16.7. The number of hydrogen-bond acceptors (Lipinski definition) is 10. The summed E-state index contributed by atoms with van der Waals surface area (Å²) in [7, 11) is 1.16. The number of benzene rings is 1. The zero-order valence-corrected chi connectivity index (χ0v) is 17.5. The molecular formula is C20H27NO9. The van der Waals surface area contributed by atoms with Crippen LogP contribution in [0.2, 0.25) is 0 Å². The van der Waals surface area contributed by atoms with Gasteiger partial charge in [-0.25, -0.2) is 4.79 Å². The number of carbonyl (C=O) groups excluding carboxylic acids is 4. The summed E-state index contributed by atoms with van der Waals surface area (Å²) >= 11 is 0. The van der Waals surface area contributed by atoms with Crippen LogP contribution in [-0.4, -0.2) is 49.9 Å². The van der Waals surface area contributed by atoms with Gasteiger partial charge in [0.05, 0.1) is 7.11 Å². The molecular weight excluding hydrogens is 398 g/mol. The Labute approximate surface area is 174 Å². The largest absolute Gasteiger partial charge is 0.508 e. The van der Waals surface area contributed by atoms with Crippen LogP contribution < -0.4 is 15.2 Å². The Bertz CT molecular complexity index is 763. The third-order valence-electron chi connectivity index (χ3n) is 3.72. The molecule has 0 unspecified atom stereocenters. The lowest BCUT2D eigenvalue weighted by atomic mass is 10.1. The topological polar surface area (TPSA) is 140 Å². The lowest BCUT2D eigenvalue weighted by Crippen LogP contribution is -2.36. The smallest absolute Gasteiger partial charge is 0.461 e. The fourth-order valence-electron chi connectivity index (χ4n) is 2.12. The average molecular weight is 425 g/mol. The molecule has 10 heteroatoms. The Kier molecular flexibility index (Phi) is 10.3. The molecule has 0 bridgehead atoms. The molecule has 0 fully saturated rings. The molecule has 0 heterocycles. The molecule has 1 aromatic carbocycles. The fraction of sp³-hybridized carbons (Fsp3) is 0.500. The van der Waals surface area contributed by atoms with Gasteiger partial charge in [-0.05, 0) is 31.0 Å². The van der Waals surface area contributed by atoms with Crippen LogP contribution in [0, 0.1) is 0 Å². The van der Waals surface area contributed by atoms with Crippen LogP contribution in [-0.2, 0) is 35.0 Å². The minimum atomic E-state index is -1.02. The fourth-order valence-corrected chi connectivity index (χ4v) is 2.12. The zero-order valence-electron chi connectivity index (χ0n) is 17.5. The van der Waals surface area contributed by atoms with Gasteiger partial charge in [0.15, 0.2) is 11.5 Å². The van der Waals surface area contributed by atoms with Gasteiger partial charge in [0.1, 0.15) is 18.8 Å². The standard InChI is InChI=1S/C20H27NO9/c1-5-17(22)29-15-8-7-13(10-16(15)30-18(23)6-2)9-14(21)19(24)27-11-12(3)28-20(25)26-4/h7-8,10,12,14H,5-6,9,11,21H2,1-4H3/t12-,14-/m0/s1. The minimum absolute atomic E-state index is 0.0572. The van der Waals surface area contributed by atoms with E-state index in [1.165, 1.54) is 19.1 Å². The van der Waals surface area contributed by atoms with Gasteiger partial charge in [0, 0.05) is 12.8 Å². The third kappa shape index (κ3) is 8.48. The van der Waals surface area contributed by atoms with E-state index in [4.69, 9.17) is 24.7 Å². The van der Waals surface area contributed by atoms with Gasteiger partial charge in [-0.2, -0.15) is 0 Å². The molecule has 0 spiro atoms. The maximum absolute atomic E-state index is 12.1. The van der Waals surface area contributed by atoms with Crippen LogP contribution in [0.4, 0.5) is 4.79 Å². The molecule has 2 atom stereocenters. The predicted molar refractivity (Wildman–Crippen MR) is 104 cm³/mol. The summed E-state index contributed by atoms with van der Waals surface area (Å²) in [6.07, 6.45) is -1.24. The number of carbonyl (C=O) groups is 4. The maximum Gasteiger partial charge on any atom is 0.508 e. The zero-order chi connectivity index (χ0) is 22.7. The summed E-state index contributed by atoms with van der Waals surface area (Å²) in [5.74, 6) is -1.55. The predicted octanol–water partition coefficient (Wildman–Crippen LogP) is 1.90. The van der Waals surface area contributed by atoms with Crippen LogP contribution in [0.25, 0.3) is 0 Å². The van der Waals surface area contributed by atoms with E-state index in [0.717, 1.165) is 7.11 Å². The molecule has 10 nitrogen and oxygen atoms in total. The SMILES string of the molecule is CCC(=O)Oc1ccc(C[C@H](N)C(=O)OC[C@H](C)OC(=O)OC)cc1OC(=O)CC. The van der Waals surface area contributed by atoms with E-state index in [1.807, 2.05) is 0 Å². The highest BCUT2D eigenvalue weighted by Gasteiger charge is 2.20. The van der Waals surface area contributed by atoms with Gasteiger partial charge in [-0.1, -0.05) is 19.9 Å². The van der Waals surface area contributed by atoms with Crippen LogP contribution in [0.5, 0.6) is 11.5 Å². The summed E-state index contributed by atoms with van der Waals surface area (Å²) in [5, 5.41) is 0. The van der Waals surface area contributed by atoms with Crippen molar-refractivity contribution in [2.45, 2.75) is 52.2 Å². The second-order valence-electron chi connectivity index (χ2n) is 6.26. The van der Waals surface area contributed by atoms with Crippen molar-refractivity contribution < 1.29 is 42.9 Å². The van der Waals surface area contributed by atoms with Crippen molar-refractivity contribution in [1.29, 1.82) is 0 Å². The van der Waals surface area contributed by atoms with Crippen LogP contribution >= 0.6 is 0 Å². The van der Waals surface area contributed by atoms with Crippen LogP contribution in [0.3, 0.4) is 0 Å². The quantitative estimate of drug-likeness (QED) is 0.436.